The van der Waals surface area contributed by atoms with Crippen molar-refractivity contribution in [1.82, 2.24) is 0 Å². The minimum Gasteiger partial charge on any atom is -0.508 e. The van der Waals surface area contributed by atoms with Crippen LogP contribution in [0.4, 0.5) is 0 Å². The molecule has 0 aliphatic heterocycles. The molecule has 0 aromatic heterocycles. The molecule has 16 heavy (non-hydrogen) atoms. The van der Waals surface area contributed by atoms with Crippen LogP contribution in [0.15, 0.2) is 18.2 Å². The second-order valence-electron chi connectivity index (χ2n) is 4.34. The number of carbonyl (C=O) groups excluding carboxylic acids is 1. The minimum absolute atomic E-state index is 0.145. The maximum atomic E-state index is 11.5. The van der Waals surface area contributed by atoms with Gasteiger partial charge in [0.25, 0.3) is 0 Å². The summed E-state index contributed by atoms with van der Waals surface area (Å²) in [6.07, 6.45) is 1.93. The molecule has 3 nitrogen and oxygen atoms in total. The summed E-state index contributed by atoms with van der Waals surface area (Å²) < 4.78 is 4.77. The average Bonchev–Trinajstić information content (AvgIpc) is 2.69. The van der Waals surface area contributed by atoms with Crippen molar-refractivity contribution in [2.75, 3.05) is 7.11 Å². The van der Waals surface area contributed by atoms with Crippen LogP contribution in [0.25, 0.3) is 0 Å². The van der Waals surface area contributed by atoms with E-state index in [-0.39, 0.29) is 23.6 Å². The van der Waals surface area contributed by atoms with Crippen molar-refractivity contribution in [3.05, 3.63) is 29.3 Å². The molecule has 1 aliphatic carbocycles. The molecule has 1 aromatic carbocycles. The van der Waals surface area contributed by atoms with Crippen molar-refractivity contribution >= 4 is 5.97 Å². The second-order valence-corrected chi connectivity index (χ2v) is 4.34. The number of rotatable bonds is 2. The Morgan fingerprint density at radius 3 is 3.00 bits per heavy atom. The Kier molecular flexibility index (Phi) is 2.86. The summed E-state index contributed by atoms with van der Waals surface area (Å²) in [5, 5.41) is 9.48. The van der Waals surface area contributed by atoms with Crippen LogP contribution in [0.1, 0.15) is 30.4 Å². The molecule has 0 unspecified atom stereocenters. The quantitative estimate of drug-likeness (QED) is 0.777. The van der Waals surface area contributed by atoms with E-state index in [9.17, 15) is 9.90 Å². The van der Waals surface area contributed by atoms with Gasteiger partial charge in [-0.15, -0.1) is 0 Å². The standard InChI is InChI=1S/C13H16O3/c1-8(13(15)16-2)11-6-4-9-3-5-10(14)7-12(9)11/h3,5,7-8,11,14H,4,6H2,1-2H3/t8-,11-/m0/s1. The zero-order valence-corrected chi connectivity index (χ0v) is 9.56. The van der Waals surface area contributed by atoms with Gasteiger partial charge < -0.3 is 9.84 Å². The molecular formula is C13H16O3. The van der Waals surface area contributed by atoms with Crippen molar-refractivity contribution < 1.29 is 14.6 Å². The Labute approximate surface area is 95.0 Å². The van der Waals surface area contributed by atoms with Gasteiger partial charge in [0, 0.05) is 0 Å². The van der Waals surface area contributed by atoms with E-state index >= 15 is 0 Å². The number of esters is 1. The van der Waals surface area contributed by atoms with Gasteiger partial charge in [-0.3, -0.25) is 4.79 Å². The molecule has 1 aromatic rings. The van der Waals surface area contributed by atoms with Gasteiger partial charge in [0.2, 0.25) is 0 Å². The summed E-state index contributed by atoms with van der Waals surface area (Å²) in [5.41, 5.74) is 2.33. The molecule has 1 aliphatic rings. The highest BCUT2D eigenvalue weighted by Crippen LogP contribution is 2.40. The zero-order valence-electron chi connectivity index (χ0n) is 9.56. The number of phenols is 1. The topological polar surface area (TPSA) is 46.5 Å². The number of hydrogen-bond donors (Lipinski definition) is 1. The van der Waals surface area contributed by atoms with E-state index < -0.39 is 0 Å². The summed E-state index contributed by atoms with van der Waals surface area (Å²) >= 11 is 0. The molecule has 0 bridgehead atoms. The SMILES string of the molecule is COC(=O)[C@@H](C)[C@@H]1CCc2ccc(O)cc21. The lowest BCUT2D eigenvalue weighted by molar-refractivity contribution is -0.145. The first-order valence-electron chi connectivity index (χ1n) is 5.53. The first-order valence-corrected chi connectivity index (χ1v) is 5.53. The van der Waals surface area contributed by atoms with Crippen LogP contribution in [0.2, 0.25) is 0 Å². The number of benzene rings is 1. The van der Waals surface area contributed by atoms with E-state index in [1.165, 1.54) is 12.7 Å². The van der Waals surface area contributed by atoms with Gasteiger partial charge in [0.1, 0.15) is 5.75 Å². The lowest BCUT2D eigenvalue weighted by Gasteiger charge is -2.18. The predicted octanol–water partition coefficient (Wildman–Crippen LogP) is 2.23. The van der Waals surface area contributed by atoms with Crippen LogP contribution in [0.5, 0.6) is 5.75 Å². The number of ether oxygens (including phenoxy) is 1. The van der Waals surface area contributed by atoms with E-state index in [4.69, 9.17) is 4.74 Å². The monoisotopic (exact) mass is 220 g/mol. The van der Waals surface area contributed by atoms with Crippen LogP contribution >= 0.6 is 0 Å². The molecule has 0 amide bonds. The van der Waals surface area contributed by atoms with Crippen LogP contribution in [-0.4, -0.2) is 18.2 Å². The molecule has 2 atom stereocenters. The Morgan fingerprint density at radius 1 is 1.56 bits per heavy atom. The van der Waals surface area contributed by atoms with Crippen LogP contribution in [0, 0.1) is 5.92 Å². The number of aryl methyl sites for hydroxylation is 1. The average molecular weight is 220 g/mol. The van der Waals surface area contributed by atoms with E-state index in [1.54, 1.807) is 12.1 Å². The lowest BCUT2D eigenvalue weighted by atomic mass is 9.88. The van der Waals surface area contributed by atoms with Gasteiger partial charge in [0.15, 0.2) is 0 Å². The van der Waals surface area contributed by atoms with Crippen molar-refractivity contribution in [2.45, 2.75) is 25.7 Å². The van der Waals surface area contributed by atoms with Gasteiger partial charge in [-0.05, 0) is 42.0 Å². The number of methoxy groups -OCH3 is 1. The summed E-state index contributed by atoms with van der Waals surface area (Å²) in [7, 11) is 1.41. The van der Waals surface area contributed by atoms with Crippen molar-refractivity contribution in [3.8, 4) is 5.75 Å². The van der Waals surface area contributed by atoms with Crippen molar-refractivity contribution in [3.63, 3.8) is 0 Å². The summed E-state index contributed by atoms with van der Waals surface area (Å²) in [6, 6.07) is 5.41. The fraction of sp³-hybridized carbons (Fsp3) is 0.462. The first-order chi connectivity index (χ1) is 7.63. The smallest absolute Gasteiger partial charge is 0.308 e. The Hall–Kier alpha value is -1.51. The van der Waals surface area contributed by atoms with Gasteiger partial charge in [-0.1, -0.05) is 13.0 Å². The molecule has 2 rings (SSSR count). The first kappa shape index (κ1) is 11.0. The minimum atomic E-state index is -0.179. The second kappa shape index (κ2) is 4.16. The number of fused-ring (bicyclic) bond motifs is 1. The molecule has 86 valence electrons. The van der Waals surface area contributed by atoms with E-state index in [0.29, 0.717) is 0 Å². The number of carbonyl (C=O) groups is 1. The van der Waals surface area contributed by atoms with Crippen molar-refractivity contribution in [2.24, 2.45) is 5.92 Å². The molecule has 1 N–H and O–H groups in total. The Bertz CT molecular complexity index is 412. The van der Waals surface area contributed by atoms with E-state index in [2.05, 4.69) is 0 Å². The van der Waals surface area contributed by atoms with Crippen LogP contribution in [-0.2, 0) is 16.0 Å². The number of phenolic OH excluding ortho intramolecular Hbond substituents is 1. The number of aromatic hydroxyl groups is 1. The molecule has 0 heterocycles. The predicted molar refractivity (Wildman–Crippen MR) is 60.3 cm³/mol. The number of hydrogen-bond acceptors (Lipinski definition) is 3. The fourth-order valence-corrected chi connectivity index (χ4v) is 2.49. The van der Waals surface area contributed by atoms with Crippen LogP contribution < -0.4 is 0 Å². The maximum absolute atomic E-state index is 11.5. The Morgan fingerprint density at radius 2 is 2.31 bits per heavy atom. The normalized spacial score (nSPS) is 20.2. The van der Waals surface area contributed by atoms with E-state index in [0.717, 1.165) is 18.4 Å². The molecule has 0 saturated carbocycles. The van der Waals surface area contributed by atoms with E-state index in [1.807, 2.05) is 13.0 Å². The zero-order chi connectivity index (χ0) is 11.7. The van der Waals surface area contributed by atoms with Crippen molar-refractivity contribution in [1.29, 1.82) is 0 Å². The van der Waals surface area contributed by atoms with Crippen LogP contribution in [0.3, 0.4) is 0 Å². The highest BCUT2D eigenvalue weighted by Gasteiger charge is 2.31. The molecule has 0 spiro atoms. The third-order valence-corrected chi connectivity index (χ3v) is 3.43. The molecule has 3 heteroatoms. The van der Waals surface area contributed by atoms with Gasteiger partial charge in [-0.25, -0.2) is 0 Å². The highest BCUT2D eigenvalue weighted by molar-refractivity contribution is 5.73. The summed E-state index contributed by atoms with van der Waals surface area (Å²) in [5.74, 6) is 0.117. The third kappa shape index (κ3) is 1.77. The molecule has 0 fully saturated rings. The van der Waals surface area contributed by atoms with Gasteiger partial charge in [0.05, 0.1) is 13.0 Å². The molecular weight excluding hydrogens is 204 g/mol. The third-order valence-electron chi connectivity index (χ3n) is 3.43. The van der Waals surface area contributed by atoms with Gasteiger partial charge in [-0.2, -0.15) is 0 Å². The fourth-order valence-electron chi connectivity index (χ4n) is 2.49. The lowest BCUT2D eigenvalue weighted by Crippen LogP contribution is -2.19. The Balaban J connectivity index is 2.29. The molecule has 0 radical (unpaired) electrons. The largest absolute Gasteiger partial charge is 0.508 e. The molecule has 0 saturated heterocycles. The highest BCUT2D eigenvalue weighted by atomic mass is 16.5. The maximum Gasteiger partial charge on any atom is 0.308 e. The summed E-state index contributed by atoms with van der Waals surface area (Å²) in [6.45, 7) is 1.88. The van der Waals surface area contributed by atoms with Gasteiger partial charge >= 0.3 is 5.97 Å². The summed E-state index contributed by atoms with van der Waals surface area (Å²) in [4.78, 5) is 11.5.